The normalized spacial score (nSPS) is 17.5. The van der Waals surface area contributed by atoms with Gasteiger partial charge in [0.2, 0.25) is 6.29 Å². The summed E-state index contributed by atoms with van der Waals surface area (Å²) in [5.74, 6) is 0.663. The van der Waals surface area contributed by atoms with Gasteiger partial charge in [0, 0.05) is 53.5 Å². The smallest absolute Gasteiger partial charge is 0.286 e. The predicted octanol–water partition coefficient (Wildman–Crippen LogP) is 4.78. The van der Waals surface area contributed by atoms with Crippen LogP contribution in [-0.2, 0) is 20.7 Å². The minimum Gasteiger partial charge on any atom is -0.497 e. The number of carbonyl (C=O) groups excluding carboxylic acids is 1. The molecule has 2 aromatic heterocycles. The summed E-state index contributed by atoms with van der Waals surface area (Å²) in [5, 5.41) is 14.1. The molecule has 0 saturated heterocycles. The number of hydrogen-bond acceptors (Lipinski definition) is 6. The van der Waals surface area contributed by atoms with Crippen LogP contribution in [0.4, 0.5) is 0 Å². The molecule has 3 N–H and O–H groups in total. The molecule has 8 nitrogen and oxygen atoms in total. The third-order valence-electron chi connectivity index (χ3n) is 6.70. The van der Waals surface area contributed by atoms with E-state index in [-0.39, 0.29) is 24.2 Å². The Bertz CT molecular complexity index is 1390. The number of nitrogens with one attached hydrogen (secondary N) is 2. The highest BCUT2D eigenvalue weighted by Crippen LogP contribution is 2.36. The van der Waals surface area contributed by atoms with Crippen LogP contribution in [0, 0.1) is 0 Å². The fourth-order valence-electron chi connectivity index (χ4n) is 4.74. The molecule has 194 valence electrons. The summed E-state index contributed by atoms with van der Waals surface area (Å²) in [4.78, 5) is 16.4. The van der Waals surface area contributed by atoms with Crippen molar-refractivity contribution in [2.45, 2.75) is 37.9 Å². The molecule has 0 radical (unpaired) electrons. The number of aromatic amines is 1. The molecule has 0 bridgehead atoms. The minimum absolute atomic E-state index is 0.0953. The second-order valence-electron chi connectivity index (χ2n) is 9.14. The van der Waals surface area contributed by atoms with Crippen molar-refractivity contribution in [1.82, 2.24) is 10.3 Å². The molecule has 37 heavy (non-hydrogen) atoms. The van der Waals surface area contributed by atoms with E-state index in [0.29, 0.717) is 32.4 Å². The topological polar surface area (TPSA) is 106 Å². The van der Waals surface area contributed by atoms with E-state index in [4.69, 9.17) is 23.7 Å². The summed E-state index contributed by atoms with van der Waals surface area (Å²) in [5.41, 5.74) is 3.93. The number of aliphatic hydroxyl groups excluding tert-OH is 1. The Balaban J connectivity index is 1.29. The number of aliphatic hydroxyl groups is 1. The van der Waals surface area contributed by atoms with Crippen molar-refractivity contribution >= 4 is 27.8 Å². The Labute approximate surface area is 215 Å². The molecular formula is C29H32N2O6. The number of carbonyl (C=O) groups is 1. The Morgan fingerprint density at radius 3 is 2.95 bits per heavy atom. The van der Waals surface area contributed by atoms with Gasteiger partial charge in [-0.15, -0.1) is 0 Å². The fourth-order valence-corrected chi connectivity index (χ4v) is 4.74. The van der Waals surface area contributed by atoms with Crippen molar-refractivity contribution in [3.05, 3.63) is 77.9 Å². The van der Waals surface area contributed by atoms with Gasteiger partial charge in [-0.25, -0.2) is 0 Å². The van der Waals surface area contributed by atoms with Crippen molar-refractivity contribution in [2.75, 3.05) is 26.9 Å². The van der Waals surface area contributed by atoms with E-state index in [1.54, 1.807) is 13.4 Å². The van der Waals surface area contributed by atoms with Crippen LogP contribution in [0.15, 0.2) is 71.2 Å². The standard InChI is InChI=1S/C29H32N2O6/c1-34-21-8-9-25-23(16-21)19(17-31-25)10-11-30-29(33)27-14-20(15-28(37-27)35-13-5-4-12-32)24-18-36-26-7-3-2-6-22(24)26/h2-3,6-9,14,16-18,20,28,31-32H,4-5,10-13,15H2,1H3,(H,30,33)/t20-,28+/m0/s1. The number of furan rings is 1. The van der Waals surface area contributed by atoms with E-state index < -0.39 is 6.29 Å². The SMILES string of the molecule is COc1ccc2[nH]cc(CCNC(=O)C3=C[C@H](c4coc5ccccc45)C[C@H](OCCCCO)O3)c2c1. The molecule has 0 spiro atoms. The molecule has 5 rings (SSSR count). The number of H-pyrrole nitrogens is 1. The molecule has 4 aromatic rings. The summed E-state index contributed by atoms with van der Waals surface area (Å²) in [6.07, 6.45) is 7.60. The van der Waals surface area contributed by atoms with Crippen molar-refractivity contribution < 1.29 is 28.5 Å². The highest BCUT2D eigenvalue weighted by molar-refractivity contribution is 5.92. The number of rotatable bonds is 11. The predicted molar refractivity (Wildman–Crippen MR) is 140 cm³/mol. The van der Waals surface area contributed by atoms with Crippen LogP contribution in [0.25, 0.3) is 21.9 Å². The zero-order chi connectivity index (χ0) is 25.6. The molecule has 0 unspecified atom stereocenters. The lowest BCUT2D eigenvalue weighted by atomic mass is 9.92. The second kappa shape index (κ2) is 11.5. The summed E-state index contributed by atoms with van der Waals surface area (Å²) >= 11 is 0. The van der Waals surface area contributed by atoms with E-state index in [1.807, 2.05) is 54.7 Å². The third-order valence-corrected chi connectivity index (χ3v) is 6.70. The van der Waals surface area contributed by atoms with E-state index in [0.717, 1.165) is 45.2 Å². The van der Waals surface area contributed by atoms with Crippen molar-refractivity contribution in [1.29, 1.82) is 0 Å². The van der Waals surface area contributed by atoms with Crippen molar-refractivity contribution in [3.63, 3.8) is 0 Å². The van der Waals surface area contributed by atoms with Gasteiger partial charge >= 0.3 is 0 Å². The zero-order valence-electron chi connectivity index (χ0n) is 20.9. The molecular weight excluding hydrogens is 472 g/mol. The van der Waals surface area contributed by atoms with E-state index >= 15 is 0 Å². The van der Waals surface area contributed by atoms with Crippen LogP contribution in [-0.4, -0.2) is 49.2 Å². The first kappa shape index (κ1) is 24.9. The number of methoxy groups -OCH3 is 1. The van der Waals surface area contributed by atoms with Gasteiger partial charge in [0.25, 0.3) is 5.91 Å². The maximum atomic E-state index is 13.1. The minimum atomic E-state index is -0.566. The first-order chi connectivity index (χ1) is 18.2. The number of para-hydroxylation sites is 1. The Morgan fingerprint density at radius 2 is 2.08 bits per heavy atom. The van der Waals surface area contributed by atoms with Crippen molar-refractivity contribution in [2.24, 2.45) is 0 Å². The first-order valence-electron chi connectivity index (χ1n) is 12.7. The summed E-state index contributed by atoms with van der Waals surface area (Å²) < 4.78 is 23.0. The van der Waals surface area contributed by atoms with Crippen molar-refractivity contribution in [3.8, 4) is 5.75 Å². The number of amides is 1. The van der Waals surface area contributed by atoms with Crippen LogP contribution in [0.5, 0.6) is 5.75 Å². The van der Waals surface area contributed by atoms with Crippen LogP contribution in [0.1, 0.15) is 36.3 Å². The summed E-state index contributed by atoms with van der Waals surface area (Å²) in [6.45, 7) is 1.02. The second-order valence-corrected chi connectivity index (χ2v) is 9.14. The molecule has 2 atom stereocenters. The number of benzene rings is 2. The quantitative estimate of drug-likeness (QED) is 0.254. The lowest BCUT2D eigenvalue weighted by Gasteiger charge is -2.29. The van der Waals surface area contributed by atoms with E-state index in [2.05, 4.69) is 10.3 Å². The first-order valence-corrected chi connectivity index (χ1v) is 12.7. The molecule has 1 aliphatic heterocycles. The fraction of sp³-hybridized carbons (Fsp3) is 0.345. The number of aromatic nitrogens is 1. The van der Waals surface area contributed by atoms with Gasteiger partial charge in [-0.2, -0.15) is 0 Å². The van der Waals surface area contributed by atoms with E-state index in [1.165, 1.54) is 0 Å². The Hall–Kier alpha value is -3.75. The molecule has 3 heterocycles. The van der Waals surface area contributed by atoms with Gasteiger partial charge in [-0.3, -0.25) is 4.79 Å². The number of ether oxygens (including phenoxy) is 3. The van der Waals surface area contributed by atoms with Crippen LogP contribution in [0.2, 0.25) is 0 Å². The largest absolute Gasteiger partial charge is 0.497 e. The van der Waals surface area contributed by atoms with Gasteiger partial charge in [0.15, 0.2) is 5.76 Å². The van der Waals surface area contributed by atoms with Gasteiger partial charge in [0.05, 0.1) is 20.0 Å². The summed E-state index contributed by atoms with van der Waals surface area (Å²) in [6, 6.07) is 13.8. The van der Waals surface area contributed by atoms with Crippen LogP contribution < -0.4 is 10.1 Å². The maximum Gasteiger partial charge on any atom is 0.286 e. The number of unbranched alkanes of at least 4 members (excludes halogenated alkanes) is 1. The Kier molecular flexibility index (Phi) is 7.77. The average Bonchev–Trinajstić information content (AvgIpc) is 3.55. The molecule has 2 aromatic carbocycles. The van der Waals surface area contributed by atoms with Gasteiger partial charge in [0.1, 0.15) is 11.3 Å². The van der Waals surface area contributed by atoms with E-state index in [9.17, 15) is 4.79 Å². The number of allylic oxidation sites excluding steroid dienone is 1. The monoisotopic (exact) mass is 504 g/mol. The molecule has 0 saturated carbocycles. The van der Waals surface area contributed by atoms with Crippen LogP contribution >= 0.6 is 0 Å². The summed E-state index contributed by atoms with van der Waals surface area (Å²) in [7, 11) is 1.65. The lowest BCUT2D eigenvalue weighted by molar-refractivity contribution is -0.146. The molecule has 1 aliphatic rings. The zero-order valence-corrected chi connectivity index (χ0v) is 20.9. The van der Waals surface area contributed by atoms with Crippen LogP contribution in [0.3, 0.4) is 0 Å². The molecule has 1 amide bonds. The molecule has 0 aliphatic carbocycles. The molecule has 0 fully saturated rings. The van der Waals surface area contributed by atoms with Gasteiger partial charge in [-0.05, 0) is 55.2 Å². The third kappa shape index (κ3) is 5.65. The highest BCUT2D eigenvalue weighted by atomic mass is 16.7. The highest BCUT2D eigenvalue weighted by Gasteiger charge is 2.30. The Morgan fingerprint density at radius 1 is 1.19 bits per heavy atom. The molecule has 8 heteroatoms. The number of hydrogen-bond donors (Lipinski definition) is 3. The van der Waals surface area contributed by atoms with Gasteiger partial charge in [-0.1, -0.05) is 18.2 Å². The average molecular weight is 505 g/mol. The van der Waals surface area contributed by atoms with Gasteiger partial charge < -0.3 is 34.0 Å². The maximum absolute atomic E-state index is 13.1. The number of fused-ring (bicyclic) bond motifs is 2. The lowest BCUT2D eigenvalue weighted by Crippen LogP contribution is -2.34.